The van der Waals surface area contributed by atoms with Crippen LogP contribution in [-0.4, -0.2) is 47.7 Å². The highest BCUT2D eigenvalue weighted by Gasteiger charge is 2.28. The zero-order chi connectivity index (χ0) is 13.7. The van der Waals surface area contributed by atoms with Gasteiger partial charge in [0.1, 0.15) is 0 Å². The highest BCUT2D eigenvalue weighted by Crippen LogP contribution is 2.29. The Balaban J connectivity index is 1.58. The van der Waals surface area contributed by atoms with E-state index in [-0.39, 0.29) is 6.10 Å². The number of ether oxygens (including phenoxy) is 1. The molecule has 3 unspecified atom stereocenters. The van der Waals surface area contributed by atoms with E-state index in [0.29, 0.717) is 31.2 Å². The van der Waals surface area contributed by atoms with Crippen LogP contribution in [0, 0.1) is 5.92 Å². The second kappa shape index (κ2) is 7.58. The van der Waals surface area contributed by atoms with E-state index in [1.165, 1.54) is 25.7 Å². The van der Waals surface area contributed by atoms with E-state index < -0.39 is 6.10 Å². The molecular weight excluding hydrogens is 242 g/mol. The van der Waals surface area contributed by atoms with E-state index in [1.54, 1.807) is 0 Å². The van der Waals surface area contributed by atoms with Crippen LogP contribution >= 0.6 is 0 Å². The molecule has 4 nitrogen and oxygen atoms in total. The van der Waals surface area contributed by atoms with E-state index >= 15 is 0 Å². The predicted octanol–water partition coefficient (Wildman–Crippen LogP) is 1.45. The fraction of sp³-hybridized carbons (Fsp3) is 1.00. The van der Waals surface area contributed by atoms with Crippen molar-refractivity contribution >= 4 is 0 Å². The molecule has 0 aromatic heterocycles. The minimum Gasteiger partial charge on any atom is -0.393 e. The lowest BCUT2D eigenvalue weighted by Crippen LogP contribution is -2.47. The molecule has 0 heterocycles. The molecule has 2 rings (SSSR count). The van der Waals surface area contributed by atoms with E-state index in [9.17, 15) is 10.2 Å². The largest absolute Gasteiger partial charge is 0.393 e. The number of nitrogens with one attached hydrogen (secondary N) is 1. The lowest BCUT2D eigenvalue weighted by atomic mass is 9.85. The van der Waals surface area contributed by atoms with Crippen LogP contribution in [0.5, 0.6) is 0 Å². The smallest absolute Gasteiger partial charge is 0.0897 e. The summed E-state index contributed by atoms with van der Waals surface area (Å²) in [5.74, 6) is 0.677. The maximum absolute atomic E-state index is 9.92. The van der Waals surface area contributed by atoms with Crippen LogP contribution in [0.15, 0.2) is 0 Å². The van der Waals surface area contributed by atoms with Crippen LogP contribution in [0.3, 0.4) is 0 Å². The average molecular weight is 271 g/mol. The third-order valence-electron chi connectivity index (χ3n) is 4.62. The quantitative estimate of drug-likeness (QED) is 0.656. The summed E-state index contributed by atoms with van der Waals surface area (Å²) in [4.78, 5) is 0. The van der Waals surface area contributed by atoms with Gasteiger partial charge >= 0.3 is 0 Å². The molecule has 2 fully saturated rings. The van der Waals surface area contributed by atoms with Crippen LogP contribution in [0.2, 0.25) is 0 Å². The predicted molar refractivity (Wildman–Crippen MR) is 75.0 cm³/mol. The van der Waals surface area contributed by atoms with Crippen LogP contribution < -0.4 is 5.32 Å². The summed E-state index contributed by atoms with van der Waals surface area (Å²) < 4.78 is 5.91. The first-order valence-corrected chi connectivity index (χ1v) is 7.90. The Morgan fingerprint density at radius 3 is 2.68 bits per heavy atom. The number of hydrogen-bond acceptors (Lipinski definition) is 4. The molecule has 0 saturated heterocycles. The molecule has 2 aliphatic carbocycles. The molecule has 4 heteroatoms. The van der Waals surface area contributed by atoms with Gasteiger partial charge in [-0.1, -0.05) is 26.2 Å². The van der Waals surface area contributed by atoms with Gasteiger partial charge in [-0.25, -0.2) is 0 Å². The summed E-state index contributed by atoms with van der Waals surface area (Å²) in [5.41, 5.74) is 0. The molecule has 2 saturated carbocycles. The van der Waals surface area contributed by atoms with Gasteiger partial charge in [0.15, 0.2) is 0 Å². The monoisotopic (exact) mass is 271 g/mol. The van der Waals surface area contributed by atoms with E-state index in [0.717, 1.165) is 19.3 Å². The number of hydrogen-bond donors (Lipinski definition) is 3. The SMILES string of the molecule is CCC1CCCCC1OCC(O)CNC1CC(O)C1. The first-order valence-electron chi connectivity index (χ1n) is 7.90. The Bertz CT molecular complexity index is 256. The van der Waals surface area contributed by atoms with Crippen molar-refractivity contribution < 1.29 is 14.9 Å². The lowest BCUT2D eigenvalue weighted by molar-refractivity contribution is -0.0518. The van der Waals surface area contributed by atoms with Gasteiger partial charge in [0.2, 0.25) is 0 Å². The third-order valence-corrected chi connectivity index (χ3v) is 4.62. The third kappa shape index (κ3) is 4.71. The van der Waals surface area contributed by atoms with Crippen molar-refractivity contribution in [2.45, 2.75) is 76.2 Å². The fourth-order valence-electron chi connectivity index (χ4n) is 3.21. The maximum atomic E-state index is 9.92. The highest BCUT2D eigenvalue weighted by molar-refractivity contribution is 4.85. The first-order chi connectivity index (χ1) is 9.19. The summed E-state index contributed by atoms with van der Waals surface area (Å²) in [6.45, 7) is 3.23. The van der Waals surface area contributed by atoms with Crippen molar-refractivity contribution in [3.63, 3.8) is 0 Å². The molecule has 0 spiro atoms. The lowest BCUT2D eigenvalue weighted by Gasteiger charge is -2.34. The van der Waals surface area contributed by atoms with E-state index in [2.05, 4.69) is 12.2 Å². The fourth-order valence-corrected chi connectivity index (χ4v) is 3.21. The van der Waals surface area contributed by atoms with Gasteiger partial charge in [-0.15, -0.1) is 0 Å². The topological polar surface area (TPSA) is 61.7 Å². The Morgan fingerprint density at radius 1 is 1.26 bits per heavy atom. The van der Waals surface area contributed by atoms with Gasteiger partial charge in [-0.3, -0.25) is 0 Å². The number of rotatable bonds is 7. The molecule has 0 aromatic carbocycles. The zero-order valence-electron chi connectivity index (χ0n) is 12.1. The van der Waals surface area contributed by atoms with Crippen molar-refractivity contribution in [2.75, 3.05) is 13.2 Å². The second-order valence-corrected chi connectivity index (χ2v) is 6.21. The molecule has 0 aromatic rings. The van der Waals surface area contributed by atoms with Crippen molar-refractivity contribution in [2.24, 2.45) is 5.92 Å². The van der Waals surface area contributed by atoms with Gasteiger partial charge in [-0.2, -0.15) is 0 Å². The van der Waals surface area contributed by atoms with Crippen LogP contribution in [0.25, 0.3) is 0 Å². The van der Waals surface area contributed by atoms with Crippen LogP contribution in [-0.2, 0) is 4.74 Å². The molecule has 3 atom stereocenters. The van der Waals surface area contributed by atoms with Gasteiger partial charge in [0.25, 0.3) is 0 Å². The molecule has 0 radical (unpaired) electrons. The van der Waals surface area contributed by atoms with Crippen molar-refractivity contribution in [3.05, 3.63) is 0 Å². The summed E-state index contributed by atoms with van der Waals surface area (Å²) in [6.07, 6.45) is 7.58. The Labute approximate surface area is 116 Å². The van der Waals surface area contributed by atoms with Crippen molar-refractivity contribution in [1.29, 1.82) is 0 Å². The van der Waals surface area contributed by atoms with Gasteiger partial charge in [-0.05, 0) is 31.6 Å². The summed E-state index contributed by atoms with van der Waals surface area (Å²) in [7, 11) is 0. The normalized spacial score (nSPS) is 36.8. The first kappa shape index (κ1) is 15.2. The van der Waals surface area contributed by atoms with Crippen molar-refractivity contribution in [1.82, 2.24) is 5.32 Å². The summed E-state index contributed by atoms with van der Waals surface area (Å²) in [5, 5.41) is 22.4. The molecular formula is C15H29NO3. The summed E-state index contributed by atoms with van der Waals surface area (Å²) in [6, 6.07) is 0.378. The van der Waals surface area contributed by atoms with Crippen LogP contribution in [0.4, 0.5) is 0 Å². The Kier molecular flexibility index (Phi) is 6.07. The van der Waals surface area contributed by atoms with Crippen LogP contribution in [0.1, 0.15) is 51.9 Å². The molecule has 19 heavy (non-hydrogen) atoms. The van der Waals surface area contributed by atoms with Gasteiger partial charge in [0, 0.05) is 12.6 Å². The second-order valence-electron chi connectivity index (χ2n) is 6.21. The molecule has 0 amide bonds. The molecule has 3 N–H and O–H groups in total. The molecule has 0 aliphatic heterocycles. The zero-order valence-corrected chi connectivity index (χ0v) is 12.1. The minimum atomic E-state index is -0.433. The highest BCUT2D eigenvalue weighted by atomic mass is 16.5. The average Bonchev–Trinajstić information content (AvgIpc) is 2.40. The Morgan fingerprint density at radius 2 is 2.00 bits per heavy atom. The standard InChI is InChI=1S/C15H29NO3/c1-2-11-5-3-4-6-15(11)19-10-14(18)9-16-12-7-13(17)8-12/h11-18H,2-10H2,1H3. The Hall–Kier alpha value is -0.160. The molecule has 2 aliphatic rings. The van der Waals surface area contributed by atoms with Gasteiger partial charge < -0.3 is 20.3 Å². The summed E-state index contributed by atoms with van der Waals surface area (Å²) >= 11 is 0. The van der Waals surface area contributed by atoms with E-state index in [1.807, 2.05) is 0 Å². The molecule has 0 bridgehead atoms. The molecule has 112 valence electrons. The minimum absolute atomic E-state index is 0.140. The number of aliphatic hydroxyl groups is 2. The maximum Gasteiger partial charge on any atom is 0.0897 e. The van der Waals surface area contributed by atoms with Crippen molar-refractivity contribution in [3.8, 4) is 0 Å². The number of aliphatic hydroxyl groups excluding tert-OH is 2. The van der Waals surface area contributed by atoms with E-state index in [4.69, 9.17) is 4.74 Å². The van der Waals surface area contributed by atoms with Gasteiger partial charge in [0.05, 0.1) is 24.9 Å².